The first-order valence-electron chi connectivity index (χ1n) is 6.40. The number of benzene rings is 2. The van der Waals surface area contributed by atoms with Crippen LogP contribution in [0.2, 0.25) is 0 Å². The first-order valence-corrected chi connectivity index (χ1v) is 6.40. The molecule has 0 fully saturated rings. The molecule has 3 heteroatoms. The second-order valence-corrected chi connectivity index (χ2v) is 4.77. The third-order valence-electron chi connectivity index (χ3n) is 3.48. The van der Waals surface area contributed by atoms with Crippen molar-refractivity contribution < 1.29 is 9.90 Å². The van der Waals surface area contributed by atoms with Gasteiger partial charge < -0.3 is 10.0 Å². The molecule has 0 atom stereocenters. The van der Waals surface area contributed by atoms with E-state index in [2.05, 4.69) is 6.07 Å². The van der Waals surface area contributed by atoms with E-state index in [1.807, 2.05) is 23.1 Å². The lowest BCUT2D eigenvalue weighted by molar-refractivity contribution is -0.117. The quantitative estimate of drug-likeness (QED) is 0.893. The molecule has 0 bridgehead atoms. The van der Waals surface area contributed by atoms with Gasteiger partial charge in [0.05, 0.1) is 6.42 Å². The topological polar surface area (TPSA) is 40.5 Å². The van der Waals surface area contributed by atoms with Crippen molar-refractivity contribution in [3.05, 3.63) is 59.7 Å². The lowest BCUT2D eigenvalue weighted by Crippen LogP contribution is -2.30. The summed E-state index contributed by atoms with van der Waals surface area (Å²) in [5, 5.41) is 9.24. The van der Waals surface area contributed by atoms with E-state index in [0.29, 0.717) is 6.42 Å². The van der Waals surface area contributed by atoms with Crippen LogP contribution >= 0.6 is 0 Å². The summed E-state index contributed by atoms with van der Waals surface area (Å²) < 4.78 is 0. The van der Waals surface area contributed by atoms with E-state index in [-0.39, 0.29) is 11.7 Å². The van der Waals surface area contributed by atoms with Crippen LogP contribution < -0.4 is 4.90 Å². The summed E-state index contributed by atoms with van der Waals surface area (Å²) in [5.41, 5.74) is 3.19. The number of carbonyl (C=O) groups excluding carboxylic acids is 1. The average molecular weight is 253 g/mol. The molecule has 0 radical (unpaired) electrons. The first-order chi connectivity index (χ1) is 9.24. The molecular formula is C16H15NO2. The Balaban J connectivity index is 1.77. The van der Waals surface area contributed by atoms with Crippen molar-refractivity contribution in [1.82, 2.24) is 0 Å². The Hall–Kier alpha value is -2.29. The number of anilines is 1. The van der Waals surface area contributed by atoms with Gasteiger partial charge in [0.1, 0.15) is 5.75 Å². The predicted molar refractivity (Wildman–Crippen MR) is 74.3 cm³/mol. The zero-order chi connectivity index (χ0) is 13.2. The summed E-state index contributed by atoms with van der Waals surface area (Å²) in [4.78, 5) is 14.2. The molecule has 0 spiro atoms. The number of amides is 1. The Labute approximate surface area is 112 Å². The van der Waals surface area contributed by atoms with Crippen molar-refractivity contribution in [3.63, 3.8) is 0 Å². The van der Waals surface area contributed by atoms with E-state index >= 15 is 0 Å². The molecule has 0 aliphatic carbocycles. The van der Waals surface area contributed by atoms with Crippen LogP contribution in [-0.4, -0.2) is 17.6 Å². The van der Waals surface area contributed by atoms with E-state index in [1.54, 1.807) is 24.3 Å². The van der Waals surface area contributed by atoms with Crippen molar-refractivity contribution in [2.45, 2.75) is 12.8 Å². The number of nitrogens with zero attached hydrogens (tertiary/aromatic N) is 1. The molecule has 0 saturated carbocycles. The summed E-state index contributed by atoms with van der Waals surface area (Å²) in [6.07, 6.45) is 1.30. The lowest BCUT2D eigenvalue weighted by atomic mass is 10.1. The monoisotopic (exact) mass is 253 g/mol. The maximum Gasteiger partial charge on any atom is 0.231 e. The van der Waals surface area contributed by atoms with Gasteiger partial charge in [-0.2, -0.15) is 0 Å². The third kappa shape index (κ3) is 2.32. The van der Waals surface area contributed by atoms with Gasteiger partial charge in [0.2, 0.25) is 5.91 Å². The van der Waals surface area contributed by atoms with Gasteiger partial charge in [-0.15, -0.1) is 0 Å². The van der Waals surface area contributed by atoms with Crippen LogP contribution in [0.5, 0.6) is 5.75 Å². The van der Waals surface area contributed by atoms with Crippen LogP contribution in [0.4, 0.5) is 5.69 Å². The zero-order valence-electron chi connectivity index (χ0n) is 10.5. The number of hydrogen-bond acceptors (Lipinski definition) is 2. The Bertz CT molecular complexity index is 604. The summed E-state index contributed by atoms with van der Waals surface area (Å²) in [5.74, 6) is 0.332. The van der Waals surface area contributed by atoms with Crippen molar-refractivity contribution >= 4 is 11.6 Å². The van der Waals surface area contributed by atoms with Gasteiger partial charge in [-0.3, -0.25) is 4.79 Å². The highest BCUT2D eigenvalue weighted by molar-refractivity contribution is 5.96. The summed E-state index contributed by atoms with van der Waals surface area (Å²) in [6.45, 7) is 0.760. The van der Waals surface area contributed by atoms with Crippen LogP contribution in [0.15, 0.2) is 48.5 Å². The maximum atomic E-state index is 12.3. The minimum absolute atomic E-state index is 0.107. The summed E-state index contributed by atoms with van der Waals surface area (Å²) in [6, 6.07) is 14.8. The number of aromatic hydroxyl groups is 1. The number of phenols is 1. The molecule has 19 heavy (non-hydrogen) atoms. The van der Waals surface area contributed by atoms with Crippen LogP contribution in [0, 0.1) is 0 Å². The Morgan fingerprint density at radius 3 is 2.63 bits per heavy atom. The van der Waals surface area contributed by atoms with Crippen molar-refractivity contribution in [3.8, 4) is 5.75 Å². The van der Waals surface area contributed by atoms with E-state index in [1.165, 1.54) is 5.56 Å². The molecule has 3 rings (SSSR count). The van der Waals surface area contributed by atoms with Crippen LogP contribution in [-0.2, 0) is 17.6 Å². The highest BCUT2D eigenvalue weighted by Crippen LogP contribution is 2.28. The van der Waals surface area contributed by atoms with E-state index in [0.717, 1.165) is 24.2 Å². The fourth-order valence-corrected chi connectivity index (χ4v) is 2.48. The molecule has 1 amide bonds. The molecule has 3 nitrogen and oxygen atoms in total. The fraction of sp³-hybridized carbons (Fsp3) is 0.188. The van der Waals surface area contributed by atoms with Gasteiger partial charge >= 0.3 is 0 Å². The molecular weight excluding hydrogens is 238 g/mol. The number of hydrogen-bond donors (Lipinski definition) is 1. The maximum absolute atomic E-state index is 12.3. The lowest BCUT2D eigenvalue weighted by Gasteiger charge is -2.17. The smallest absolute Gasteiger partial charge is 0.231 e. The van der Waals surface area contributed by atoms with E-state index in [4.69, 9.17) is 0 Å². The second kappa shape index (κ2) is 4.76. The largest absolute Gasteiger partial charge is 0.508 e. The Kier molecular flexibility index (Phi) is 2.95. The molecule has 0 saturated heterocycles. The minimum atomic E-state index is 0.107. The predicted octanol–water partition coefficient (Wildman–Crippen LogP) is 2.52. The third-order valence-corrected chi connectivity index (χ3v) is 3.48. The molecule has 0 unspecified atom stereocenters. The molecule has 1 heterocycles. The molecule has 1 aliphatic rings. The highest BCUT2D eigenvalue weighted by Gasteiger charge is 2.23. The van der Waals surface area contributed by atoms with Crippen LogP contribution in [0.25, 0.3) is 0 Å². The molecule has 96 valence electrons. The number of para-hydroxylation sites is 1. The van der Waals surface area contributed by atoms with Crippen LogP contribution in [0.1, 0.15) is 11.1 Å². The molecule has 1 N–H and O–H groups in total. The highest BCUT2D eigenvalue weighted by atomic mass is 16.3. The zero-order valence-corrected chi connectivity index (χ0v) is 10.5. The number of fused-ring (bicyclic) bond motifs is 1. The number of rotatable bonds is 2. The molecule has 1 aliphatic heterocycles. The van der Waals surface area contributed by atoms with Gasteiger partial charge in [0.25, 0.3) is 0 Å². The van der Waals surface area contributed by atoms with E-state index < -0.39 is 0 Å². The average Bonchev–Trinajstić information content (AvgIpc) is 2.85. The number of carbonyl (C=O) groups is 1. The summed E-state index contributed by atoms with van der Waals surface area (Å²) in [7, 11) is 0. The van der Waals surface area contributed by atoms with Gasteiger partial charge in [-0.25, -0.2) is 0 Å². The van der Waals surface area contributed by atoms with Gasteiger partial charge in [0, 0.05) is 12.2 Å². The minimum Gasteiger partial charge on any atom is -0.508 e. The van der Waals surface area contributed by atoms with Crippen molar-refractivity contribution in [2.75, 3.05) is 11.4 Å². The first kappa shape index (κ1) is 11.8. The summed E-state index contributed by atoms with van der Waals surface area (Å²) >= 11 is 0. The molecule has 2 aromatic rings. The van der Waals surface area contributed by atoms with Crippen molar-refractivity contribution in [2.24, 2.45) is 0 Å². The fourth-order valence-electron chi connectivity index (χ4n) is 2.48. The van der Waals surface area contributed by atoms with Crippen LogP contribution in [0.3, 0.4) is 0 Å². The molecule has 0 aromatic heterocycles. The Morgan fingerprint density at radius 2 is 1.84 bits per heavy atom. The Morgan fingerprint density at radius 1 is 1.11 bits per heavy atom. The normalized spacial score (nSPS) is 13.4. The van der Waals surface area contributed by atoms with Crippen molar-refractivity contribution in [1.29, 1.82) is 0 Å². The number of phenolic OH excluding ortho intramolecular Hbond substituents is 1. The molecule has 2 aromatic carbocycles. The SMILES string of the molecule is O=C(Cc1ccc(O)cc1)N1CCc2ccccc21. The van der Waals surface area contributed by atoms with Gasteiger partial charge in [-0.05, 0) is 35.7 Å². The van der Waals surface area contributed by atoms with E-state index in [9.17, 15) is 9.90 Å². The van der Waals surface area contributed by atoms with Gasteiger partial charge in [-0.1, -0.05) is 30.3 Å². The van der Waals surface area contributed by atoms with Gasteiger partial charge in [0.15, 0.2) is 0 Å². The standard InChI is InChI=1S/C16H15NO2/c18-14-7-5-12(6-8-14)11-16(19)17-10-9-13-3-1-2-4-15(13)17/h1-8,18H,9-11H2. The second-order valence-electron chi connectivity index (χ2n) is 4.77.